The normalized spacial score (nSPS) is 27.3. The summed E-state index contributed by atoms with van der Waals surface area (Å²) in [5, 5.41) is 14.2. The van der Waals surface area contributed by atoms with Crippen LogP contribution >= 0.6 is 11.6 Å². The van der Waals surface area contributed by atoms with Gasteiger partial charge < -0.3 is 15.2 Å². The fourth-order valence-electron chi connectivity index (χ4n) is 3.20. The molecule has 3 nitrogen and oxygen atoms in total. The maximum absolute atomic E-state index is 10.0. The van der Waals surface area contributed by atoms with E-state index in [-0.39, 0.29) is 0 Å². The summed E-state index contributed by atoms with van der Waals surface area (Å²) in [4.78, 5) is 0. The van der Waals surface area contributed by atoms with Crippen LogP contribution in [0.4, 0.5) is 0 Å². The van der Waals surface area contributed by atoms with E-state index in [0.717, 1.165) is 17.6 Å². The summed E-state index contributed by atoms with van der Waals surface area (Å²) in [6.07, 6.45) is 3.23. The van der Waals surface area contributed by atoms with Gasteiger partial charge in [-0.2, -0.15) is 0 Å². The molecule has 0 saturated heterocycles. The van der Waals surface area contributed by atoms with Crippen LogP contribution in [-0.2, 0) is 0 Å². The molecule has 1 fully saturated rings. The van der Waals surface area contributed by atoms with Gasteiger partial charge in [0.15, 0.2) is 0 Å². The van der Waals surface area contributed by atoms with Crippen LogP contribution < -0.4 is 10.1 Å². The first-order chi connectivity index (χ1) is 10.0. The van der Waals surface area contributed by atoms with Crippen molar-refractivity contribution in [3.05, 3.63) is 29.3 Å². The summed E-state index contributed by atoms with van der Waals surface area (Å²) >= 11 is 5.82. The second-order valence-electron chi connectivity index (χ2n) is 6.44. The van der Waals surface area contributed by atoms with Crippen LogP contribution in [0, 0.1) is 11.8 Å². The van der Waals surface area contributed by atoms with Crippen molar-refractivity contribution in [1.82, 2.24) is 5.32 Å². The van der Waals surface area contributed by atoms with E-state index in [0.29, 0.717) is 24.2 Å². The van der Waals surface area contributed by atoms with Gasteiger partial charge in [0.25, 0.3) is 0 Å². The molecule has 0 aliphatic heterocycles. The van der Waals surface area contributed by atoms with Gasteiger partial charge in [-0.05, 0) is 55.4 Å². The lowest BCUT2D eigenvalue weighted by molar-refractivity contribution is 0.0983. The van der Waals surface area contributed by atoms with Crippen LogP contribution in [0.2, 0.25) is 5.02 Å². The number of hydrogen-bond donors (Lipinski definition) is 2. The van der Waals surface area contributed by atoms with Crippen LogP contribution in [0.3, 0.4) is 0 Å². The number of halogens is 1. The zero-order chi connectivity index (χ0) is 15.2. The number of ether oxygens (including phenoxy) is 1. The molecule has 2 N–H and O–H groups in total. The lowest BCUT2D eigenvalue weighted by atomic mass is 9.80. The molecular weight excluding hydrogens is 286 g/mol. The first-order valence-corrected chi connectivity index (χ1v) is 8.20. The zero-order valence-corrected chi connectivity index (χ0v) is 13.6. The third kappa shape index (κ3) is 5.85. The highest BCUT2D eigenvalue weighted by Gasteiger charge is 2.23. The van der Waals surface area contributed by atoms with Crippen molar-refractivity contribution in [2.75, 3.05) is 13.2 Å². The van der Waals surface area contributed by atoms with Crippen molar-refractivity contribution in [1.29, 1.82) is 0 Å². The number of nitrogens with one attached hydrogen (secondary N) is 1. The molecular formula is C17H26ClNO2. The van der Waals surface area contributed by atoms with Gasteiger partial charge in [-0.15, -0.1) is 0 Å². The predicted octanol–water partition coefficient (Wildman–Crippen LogP) is 3.49. The second-order valence-corrected chi connectivity index (χ2v) is 6.88. The number of aliphatic hydroxyl groups is 1. The molecule has 0 radical (unpaired) electrons. The van der Waals surface area contributed by atoms with Crippen LogP contribution in [0.5, 0.6) is 5.75 Å². The zero-order valence-electron chi connectivity index (χ0n) is 12.9. The van der Waals surface area contributed by atoms with Gasteiger partial charge >= 0.3 is 0 Å². The molecule has 1 aliphatic rings. The Morgan fingerprint density at radius 1 is 1.19 bits per heavy atom. The van der Waals surface area contributed by atoms with Gasteiger partial charge in [0, 0.05) is 17.6 Å². The third-order valence-electron chi connectivity index (χ3n) is 4.08. The lowest BCUT2D eigenvalue weighted by Crippen LogP contribution is -2.41. The molecule has 4 heteroatoms. The quantitative estimate of drug-likeness (QED) is 0.845. The van der Waals surface area contributed by atoms with E-state index in [9.17, 15) is 5.11 Å². The molecule has 0 spiro atoms. The van der Waals surface area contributed by atoms with Crippen LogP contribution in [-0.4, -0.2) is 30.4 Å². The second kappa shape index (κ2) is 8.02. The Morgan fingerprint density at radius 2 is 1.81 bits per heavy atom. The Kier molecular flexibility index (Phi) is 6.34. The van der Waals surface area contributed by atoms with Gasteiger partial charge in [-0.1, -0.05) is 25.4 Å². The smallest absolute Gasteiger partial charge is 0.119 e. The maximum atomic E-state index is 10.0. The first-order valence-electron chi connectivity index (χ1n) is 7.82. The van der Waals surface area contributed by atoms with Crippen molar-refractivity contribution >= 4 is 11.6 Å². The molecule has 3 atom stereocenters. The Morgan fingerprint density at radius 3 is 2.43 bits per heavy atom. The van der Waals surface area contributed by atoms with E-state index >= 15 is 0 Å². The molecule has 118 valence electrons. The van der Waals surface area contributed by atoms with Crippen molar-refractivity contribution < 1.29 is 9.84 Å². The average molecular weight is 312 g/mol. The molecule has 1 saturated carbocycles. The highest BCUT2D eigenvalue weighted by Crippen LogP contribution is 2.28. The topological polar surface area (TPSA) is 41.5 Å². The van der Waals surface area contributed by atoms with E-state index < -0.39 is 6.10 Å². The molecule has 0 bridgehead atoms. The minimum atomic E-state index is -0.492. The van der Waals surface area contributed by atoms with E-state index in [1.807, 2.05) is 12.1 Å². The van der Waals surface area contributed by atoms with E-state index in [1.165, 1.54) is 19.3 Å². The number of benzene rings is 1. The summed E-state index contributed by atoms with van der Waals surface area (Å²) in [6, 6.07) is 7.72. The first kappa shape index (κ1) is 16.6. The van der Waals surface area contributed by atoms with Crippen molar-refractivity contribution in [3.8, 4) is 5.75 Å². The summed E-state index contributed by atoms with van der Waals surface area (Å²) in [7, 11) is 0. The number of hydrogen-bond acceptors (Lipinski definition) is 3. The molecule has 1 aliphatic carbocycles. The van der Waals surface area contributed by atoms with Gasteiger partial charge in [0.2, 0.25) is 0 Å². The Balaban J connectivity index is 1.67. The molecule has 21 heavy (non-hydrogen) atoms. The number of rotatable bonds is 6. The Bertz CT molecular complexity index is 413. The molecule has 0 amide bonds. The molecule has 1 aromatic carbocycles. The summed E-state index contributed by atoms with van der Waals surface area (Å²) < 4.78 is 5.56. The molecule has 0 aromatic heterocycles. The van der Waals surface area contributed by atoms with Crippen molar-refractivity contribution in [2.45, 2.75) is 45.3 Å². The van der Waals surface area contributed by atoms with Gasteiger partial charge in [0.05, 0.1) is 0 Å². The molecule has 1 aromatic rings. The maximum Gasteiger partial charge on any atom is 0.119 e. The molecule has 2 rings (SSSR count). The standard InChI is InChI=1S/C17H26ClNO2/c1-12-7-13(2)9-15(8-12)19-10-16(20)11-21-17-5-3-14(18)4-6-17/h3-6,12-13,15-16,19-20H,7-11H2,1-2H3. The minimum Gasteiger partial charge on any atom is -0.491 e. The Labute approximate surface area is 132 Å². The van der Waals surface area contributed by atoms with Crippen LogP contribution in [0.15, 0.2) is 24.3 Å². The SMILES string of the molecule is CC1CC(C)CC(NCC(O)COc2ccc(Cl)cc2)C1. The van der Waals surface area contributed by atoms with Crippen molar-refractivity contribution in [2.24, 2.45) is 11.8 Å². The molecule has 0 heterocycles. The largest absolute Gasteiger partial charge is 0.491 e. The third-order valence-corrected chi connectivity index (χ3v) is 4.33. The van der Waals surface area contributed by atoms with Crippen LogP contribution in [0.1, 0.15) is 33.1 Å². The van der Waals surface area contributed by atoms with Gasteiger partial charge in [0.1, 0.15) is 18.5 Å². The van der Waals surface area contributed by atoms with E-state index in [2.05, 4.69) is 19.2 Å². The minimum absolute atomic E-state index is 0.298. The van der Waals surface area contributed by atoms with Gasteiger partial charge in [-0.3, -0.25) is 0 Å². The van der Waals surface area contributed by atoms with Gasteiger partial charge in [-0.25, -0.2) is 0 Å². The average Bonchev–Trinajstić information content (AvgIpc) is 2.43. The Hall–Kier alpha value is -0.770. The fraction of sp³-hybridized carbons (Fsp3) is 0.647. The van der Waals surface area contributed by atoms with Crippen LogP contribution in [0.25, 0.3) is 0 Å². The molecule has 3 unspecified atom stereocenters. The lowest BCUT2D eigenvalue weighted by Gasteiger charge is -2.32. The summed E-state index contributed by atoms with van der Waals surface area (Å²) in [5.41, 5.74) is 0. The van der Waals surface area contributed by atoms with E-state index in [4.69, 9.17) is 16.3 Å². The van der Waals surface area contributed by atoms with E-state index in [1.54, 1.807) is 12.1 Å². The summed E-state index contributed by atoms with van der Waals surface area (Å²) in [6.45, 7) is 5.50. The monoisotopic (exact) mass is 311 g/mol. The predicted molar refractivity (Wildman–Crippen MR) is 86.9 cm³/mol. The van der Waals surface area contributed by atoms with Crippen molar-refractivity contribution in [3.63, 3.8) is 0 Å². The highest BCUT2D eigenvalue weighted by atomic mass is 35.5. The summed E-state index contributed by atoms with van der Waals surface area (Å²) in [5.74, 6) is 2.28. The fourth-order valence-corrected chi connectivity index (χ4v) is 3.32. The highest BCUT2D eigenvalue weighted by molar-refractivity contribution is 6.30. The number of aliphatic hydroxyl groups excluding tert-OH is 1.